The van der Waals surface area contributed by atoms with E-state index in [0.717, 1.165) is 32.7 Å². The highest BCUT2D eigenvalue weighted by Crippen LogP contribution is 2.28. The number of ether oxygens (including phenoxy) is 2. The quantitative estimate of drug-likeness (QED) is 0.734. The van der Waals surface area contributed by atoms with Crippen molar-refractivity contribution in [2.24, 2.45) is 11.7 Å². The molecule has 3 heteroatoms. The summed E-state index contributed by atoms with van der Waals surface area (Å²) in [5.74, 6) is 0.464. The molecule has 84 valence electrons. The van der Waals surface area contributed by atoms with Gasteiger partial charge in [0.05, 0.1) is 12.2 Å². The largest absolute Gasteiger partial charge is 0.381 e. The first-order valence-corrected chi connectivity index (χ1v) is 5.61. The normalized spacial score (nSPS) is 28.7. The molecular formula is C11H23NO2. The van der Waals surface area contributed by atoms with Gasteiger partial charge in [-0.2, -0.15) is 0 Å². The molecule has 0 aromatic rings. The average Bonchev–Trinajstić information content (AvgIpc) is 2.69. The minimum Gasteiger partial charge on any atom is -0.381 e. The summed E-state index contributed by atoms with van der Waals surface area (Å²) in [6, 6.07) is 0.0925. The maximum absolute atomic E-state index is 6.25. The fourth-order valence-electron chi connectivity index (χ4n) is 2.10. The molecule has 0 aromatic heterocycles. The van der Waals surface area contributed by atoms with Crippen LogP contribution in [-0.2, 0) is 9.47 Å². The van der Waals surface area contributed by atoms with Gasteiger partial charge in [0.15, 0.2) is 0 Å². The van der Waals surface area contributed by atoms with Gasteiger partial charge in [-0.05, 0) is 26.7 Å². The number of hydrogen-bond acceptors (Lipinski definition) is 3. The standard InChI is InChI=1S/C11H23NO2/c1-4-11(3,14-5-2)10(12)9-6-7-13-8-9/h9-10H,4-8,12H2,1-3H3. The zero-order valence-corrected chi connectivity index (χ0v) is 9.58. The molecule has 3 nitrogen and oxygen atoms in total. The van der Waals surface area contributed by atoms with Crippen LogP contribution in [0.3, 0.4) is 0 Å². The summed E-state index contributed by atoms with van der Waals surface area (Å²) in [7, 11) is 0. The minimum absolute atomic E-state index is 0.0925. The Morgan fingerprint density at radius 3 is 2.71 bits per heavy atom. The number of rotatable bonds is 5. The Morgan fingerprint density at radius 1 is 1.57 bits per heavy atom. The second-order valence-electron chi connectivity index (χ2n) is 4.25. The smallest absolute Gasteiger partial charge is 0.0805 e. The second-order valence-corrected chi connectivity index (χ2v) is 4.25. The predicted molar refractivity (Wildman–Crippen MR) is 57.2 cm³/mol. The van der Waals surface area contributed by atoms with Gasteiger partial charge in [-0.1, -0.05) is 6.92 Å². The van der Waals surface area contributed by atoms with Crippen LogP contribution in [0.2, 0.25) is 0 Å². The van der Waals surface area contributed by atoms with Crippen LogP contribution in [0.25, 0.3) is 0 Å². The summed E-state index contributed by atoms with van der Waals surface area (Å²) in [4.78, 5) is 0. The highest BCUT2D eigenvalue weighted by Gasteiger charge is 2.37. The molecule has 14 heavy (non-hydrogen) atoms. The fraction of sp³-hybridized carbons (Fsp3) is 1.00. The maximum atomic E-state index is 6.25. The highest BCUT2D eigenvalue weighted by molar-refractivity contribution is 4.92. The van der Waals surface area contributed by atoms with E-state index in [1.54, 1.807) is 0 Å². The lowest BCUT2D eigenvalue weighted by atomic mass is 9.84. The van der Waals surface area contributed by atoms with Gasteiger partial charge in [0.25, 0.3) is 0 Å². The fourth-order valence-corrected chi connectivity index (χ4v) is 2.10. The molecular weight excluding hydrogens is 178 g/mol. The molecule has 0 aromatic carbocycles. The Hall–Kier alpha value is -0.120. The van der Waals surface area contributed by atoms with E-state index < -0.39 is 0 Å². The predicted octanol–water partition coefficient (Wildman–Crippen LogP) is 1.56. The van der Waals surface area contributed by atoms with Crippen molar-refractivity contribution in [3.05, 3.63) is 0 Å². The van der Waals surface area contributed by atoms with Gasteiger partial charge in [-0.15, -0.1) is 0 Å². The molecule has 3 unspecified atom stereocenters. The Bertz CT molecular complexity index is 169. The summed E-state index contributed by atoms with van der Waals surface area (Å²) in [6.07, 6.45) is 2.03. The van der Waals surface area contributed by atoms with Crippen LogP contribution >= 0.6 is 0 Å². The van der Waals surface area contributed by atoms with Crippen molar-refractivity contribution in [1.82, 2.24) is 0 Å². The first kappa shape index (κ1) is 12.0. The van der Waals surface area contributed by atoms with Gasteiger partial charge in [-0.25, -0.2) is 0 Å². The van der Waals surface area contributed by atoms with Crippen molar-refractivity contribution in [2.75, 3.05) is 19.8 Å². The minimum atomic E-state index is -0.187. The van der Waals surface area contributed by atoms with Crippen LogP contribution < -0.4 is 5.73 Å². The first-order chi connectivity index (χ1) is 6.64. The van der Waals surface area contributed by atoms with E-state index in [9.17, 15) is 0 Å². The van der Waals surface area contributed by atoms with Gasteiger partial charge < -0.3 is 15.2 Å². The van der Waals surface area contributed by atoms with Crippen molar-refractivity contribution in [3.63, 3.8) is 0 Å². The summed E-state index contributed by atoms with van der Waals surface area (Å²) in [5.41, 5.74) is 6.06. The Labute approximate surface area is 86.9 Å². The molecule has 1 fully saturated rings. The lowest BCUT2D eigenvalue weighted by Gasteiger charge is -2.37. The molecule has 0 amide bonds. The van der Waals surface area contributed by atoms with E-state index in [-0.39, 0.29) is 11.6 Å². The molecule has 1 heterocycles. The van der Waals surface area contributed by atoms with Crippen molar-refractivity contribution in [3.8, 4) is 0 Å². The zero-order valence-electron chi connectivity index (χ0n) is 9.58. The van der Waals surface area contributed by atoms with Crippen LogP contribution in [0, 0.1) is 5.92 Å². The monoisotopic (exact) mass is 201 g/mol. The molecule has 2 N–H and O–H groups in total. The lowest BCUT2D eigenvalue weighted by Crippen LogP contribution is -2.52. The molecule has 0 aliphatic carbocycles. The first-order valence-electron chi connectivity index (χ1n) is 5.61. The van der Waals surface area contributed by atoms with Crippen molar-refractivity contribution < 1.29 is 9.47 Å². The van der Waals surface area contributed by atoms with Gasteiger partial charge in [0.2, 0.25) is 0 Å². The molecule has 1 aliphatic heterocycles. The third-order valence-corrected chi connectivity index (χ3v) is 3.35. The second kappa shape index (κ2) is 5.10. The summed E-state index contributed by atoms with van der Waals surface area (Å²) < 4.78 is 11.1. The molecule has 0 saturated carbocycles. The van der Waals surface area contributed by atoms with E-state index in [4.69, 9.17) is 15.2 Å². The molecule has 0 bridgehead atoms. The molecule has 0 radical (unpaired) electrons. The van der Waals surface area contributed by atoms with Crippen LogP contribution in [0.5, 0.6) is 0 Å². The van der Waals surface area contributed by atoms with Gasteiger partial charge >= 0.3 is 0 Å². The Kier molecular flexibility index (Phi) is 4.35. The van der Waals surface area contributed by atoms with Gasteiger partial charge in [0, 0.05) is 25.2 Å². The zero-order chi connectivity index (χ0) is 10.6. The van der Waals surface area contributed by atoms with Gasteiger partial charge in [0.1, 0.15) is 0 Å². The van der Waals surface area contributed by atoms with Crippen LogP contribution in [-0.4, -0.2) is 31.5 Å². The van der Waals surface area contributed by atoms with Crippen LogP contribution in [0.1, 0.15) is 33.6 Å². The summed E-state index contributed by atoms with van der Waals surface area (Å²) in [5, 5.41) is 0. The van der Waals surface area contributed by atoms with E-state index in [1.807, 2.05) is 6.92 Å². The van der Waals surface area contributed by atoms with Crippen LogP contribution in [0.15, 0.2) is 0 Å². The Morgan fingerprint density at radius 2 is 2.29 bits per heavy atom. The van der Waals surface area contributed by atoms with Gasteiger partial charge in [-0.3, -0.25) is 0 Å². The number of hydrogen-bond donors (Lipinski definition) is 1. The van der Waals surface area contributed by atoms with Crippen molar-refractivity contribution in [2.45, 2.75) is 45.3 Å². The maximum Gasteiger partial charge on any atom is 0.0805 e. The molecule has 3 atom stereocenters. The third-order valence-electron chi connectivity index (χ3n) is 3.35. The van der Waals surface area contributed by atoms with Crippen molar-refractivity contribution >= 4 is 0 Å². The van der Waals surface area contributed by atoms with Crippen molar-refractivity contribution in [1.29, 1.82) is 0 Å². The third kappa shape index (κ3) is 2.47. The molecule has 1 saturated heterocycles. The van der Waals surface area contributed by atoms with E-state index in [2.05, 4.69) is 13.8 Å². The number of nitrogens with two attached hydrogens (primary N) is 1. The SMILES string of the molecule is CCOC(C)(CC)C(N)C1CCOC1. The van der Waals surface area contributed by atoms with E-state index in [1.165, 1.54) is 0 Å². The van der Waals surface area contributed by atoms with E-state index in [0.29, 0.717) is 5.92 Å². The topological polar surface area (TPSA) is 44.5 Å². The average molecular weight is 201 g/mol. The highest BCUT2D eigenvalue weighted by atomic mass is 16.5. The summed E-state index contributed by atoms with van der Waals surface area (Å²) >= 11 is 0. The Balaban J connectivity index is 2.57. The van der Waals surface area contributed by atoms with Crippen LogP contribution in [0.4, 0.5) is 0 Å². The molecule has 1 aliphatic rings. The lowest BCUT2D eigenvalue weighted by molar-refractivity contribution is -0.0596. The summed E-state index contributed by atoms with van der Waals surface area (Å²) in [6.45, 7) is 8.64. The molecule has 1 rings (SSSR count). The molecule has 0 spiro atoms. The van der Waals surface area contributed by atoms with E-state index >= 15 is 0 Å².